The number of ether oxygens (including phenoxy) is 3. The van der Waals surface area contributed by atoms with E-state index in [0.717, 1.165) is 83.5 Å². The van der Waals surface area contributed by atoms with Gasteiger partial charge < -0.3 is 14.2 Å². The van der Waals surface area contributed by atoms with Crippen molar-refractivity contribution in [2.45, 2.75) is 341 Å². The fourth-order valence-corrected chi connectivity index (χ4v) is 9.36. The Hall–Kier alpha value is -2.89. The lowest BCUT2D eigenvalue weighted by atomic mass is 10.0. The molecule has 0 saturated carbocycles. The molecule has 0 N–H and O–H groups in total. The molecule has 0 spiro atoms. The molecule has 0 aliphatic carbocycles. The molecule has 0 rings (SSSR count). The summed E-state index contributed by atoms with van der Waals surface area (Å²) in [6.07, 6.45) is 79.5. The van der Waals surface area contributed by atoms with Gasteiger partial charge in [0.1, 0.15) is 13.2 Å². The predicted octanol–water partition coefficient (Wildman–Crippen LogP) is 21.9. The van der Waals surface area contributed by atoms with Gasteiger partial charge in [0.15, 0.2) is 6.10 Å². The molecule has 6 nitrogen and oxygen atoms in total. The quantitative estimate of drug-likeness (QED) is 0.0261. The third-order valence-electron chi connectivity index (χ3n) is 14.2. The maximum Gasteiger partial charge on any atom is 0.306 e. The normalized spacial score (nSPS) is 12.4. The number of allylic oxidation sites excluding steroid dienone is 10. The van der Waals surface area contributed by atoms with E-state index < -0.39 is 6.10 Å². The summed E-state index contributed by atoms with van der Waals surface area (Å²) < 4.78 is 16.9. The Morgan fingerprint density at radius 2 is 0.486 bits per heavy atom. The van der Waals surface area contributed by atoms with Crippen LogP contribution in [0.1, 0.15) is 335 Å². The van der Waals surface area contributed by atoms with Crippen molar-refractivity contribution in [3.8, 4) is 0 Å². The number of carbonyl (C=O) groups excluding carboxylic acids is 3. The molecule has 74 heavy (non-hydrogen) atoms. The summed E-state index contributed by atoms with van der Waals surface area (Å²) >= 11 is 0. The zero-order valence-corrected chi connectivity index (χ0v) is 49.4. The van der Waals surface area contributed by atoms with Crippen LogP contribution in [0.15, 0.2) is 60.8 Å². The Balaban J connectivity index is 4.24. The minimum atomic E-state index is -0.780. The maximum atomic E-state index is 12.9. The van der Waals surface area contributed by atoms with Gasteiger partial charge in [0.25, 0.3) is 0 Å². The Kier molecular flexibility index (Phi) is 60.2. The highest BCUT2D eigenvalue weighted by Gasteiger charge is 2.19. The van der Waals surface area contributed by atoms with Crippen LogP contribution in [0, 0.1) is 0 Å². The minimum Gasteiger partial charge on any atom is -0.462 e. The second-order valence-electron chi connectivity index (χ2n) is 21.7. The Labute approximate surface area is 460 Å². The number of rotatable bonds is 59. The predicted molar refractivity (Wildman–Crippen MR) is 321 cm³/mol. The van der Waals surface area contributed by atoms with E-state index in [9.17, 15) is 14.4 Å². The van der Waals surface area contributed by atoms with Crippen molar-refractivity contribution in [1.82, 2.24) is 0 Å². The molecule has 6 heteroatoms. The molecule has 0 bridgehead atoms. The van der Waals surface area contributed by atoms with Gasteiger partial charge in [0.05, 0.1) is 0 Å². The summed E-state index contributed by atoms with van der Waals surface area (Å²) in [6.45, 7) is 6.63. The van der Waals surface area contributed by atoms with Crippen LogP contribution in [0.25, 0.3) is 0 Å². The summed E-state index contributed by atoms with van der Waals surface area (Å²) in [5, 5.41) is 0. The molecule has 0 aliphatic heterocycles. The Morgan fingerprint density at radius 3 is 0.757 bits per heavy atom. The van der Waals surface area contributed by atoms with Crippen LogP contribution in [-0.4, -0.2) is 37.2 Å². The molecule has 0 aromatic heterocycles. The van der Waals surface area contributed by atoms with Crippen molar-refractivity contribution in [1.29, 1.82) is 0 Å². The lowest BCUT2D eigenvalue weighted by Crippen LogP contribution is -2.30. The first kappa shape index (κ1) is 71.1. The number of unbranched alkanes of at least 4 members (excludes halogenated alkanes) is 38. The lowest BCUT2D eigenvalue weighted by Gasteiger charge is -2.18. The fourth-order valence-electron chi connectivity index (χ4n) is 9.36. The average molecular weight is 1040 g/mol. The molecule has 0 aromatic rings. The van der Waals surface area contributed by atoms with Gasteiger partial charge in [0, 0.05) is 19.3 Å². The summed E-state index contributed by atoms with van der Waals surface area (Å²) in [5.74, 6) is -0.876. The van der Waals surface area contributed by atoms with Gasteiger partial charge >= 0.3 is 17.9 Å². The first-order valence-corrected chi connectivity index (χ1v) is 32.3. The van der Waals surface area contributed by atoms with Gasteiger partial charge in [-0.2, -0.15) is 0 Å². The van der Waals surface area contributed by atoms with Gasteiger partial charge in [0.2, 0.25) is 0 Å². The summed E-state index contributed by atoms with van der Waals surface area (Å²) in [7, 11) is 0. The highest BCUT2D eigenvalue weighted by Crippen LogP contribution is 2.17. The van der Waals surface area contributed by atoms with E-state index in [-0.39, 0.29) is 31.1 Å². The first-order chi connectivity index (χ1) is 36.5. The van der Waals surface area contributed by atoms with E-state index in [1.807, 2.05) is 0 Å². The molecule has 0 heterocycles. The van der Waals surface area contributed by atoms with Crippen molar-refractivity contribution in [3.05, 3.63) is 60.8 Å². The van der Waals surface area contributed by atoms with Crippen LogP contribution in [0.5, 0.6) is 0 Å². The molecule has 0 saturated heterocycles. The van der Waals surface area contributed by atoms with Gasteiger partial charge in [-0.25, -0.2) is 0 Å². The average Bonchev–Trinajstić information content (AvgIpc) is 3.40. The molecule has 0 fully saturated rings. The molecule has 1 atom stereocenters. The molecule has 1 unspecified atom stereocenters. The molecule has 0 amide bonds. The Bertz CT molecular complexity index is 1330. The zero-order chi connectivity index (χ0) is 53.6. The summed E-state index contributed by atoms with van der Waals surface area (Å²) in [6, 6.07) is 0. The summed E-state index contributed by atoms with van der Waals surface area (Å²) in [5.41, 5.74) is 0. The second-order valence-corrected chi connectivity index (χ2v) is 21.7. The van der Waals surface area contributed by atoms with Crippen molar-refractivity contribution in [3.63, 3.8) is 0 Å². The van der Waals surface area contributed by atoms with Crippen molar-refractivity contribution < 1.29 is 28.6 Å². The maximum absolute atomic E-state index is 12.9. The van der Waals surface area contributed by atoms with Crippen molar-refractivity contribution in [2.24, 2.45) is 0 Å². The molecular formula is C68H122O6. The highest BCUT2D eigenvalue weighted by molar-refractivity contribution is 5.71. The van der Waals surface area contributed by atoms with E-state index >= 15 is 0 Å². The van der Waals surface area contributed by atoms with Gasteiger partial charge in [-0.15, -0.1) is 0 Å². The second kappa shape index (κ2) is 62.6. The van der Waals surface area contributed by atoms with Crippen LogP contribution in [-0.2, 0) is 28.6 Å². The van der Waals surface area contributed by atoms with E-state index in [0.29, 0.717) is 19.3 Å². The Morgan fingerprint density at radius 1 is 0.270 bits per heavy atom. The number of esters is 3. The minimum absolute atomic E-state index is 0.0767. The van der Waals surface area contributed by atoms with E-state index in [1.165, 1.54) is 212 Å². The van der Waals surface area contributed by atoms with Crippen molar-refractivity contribution >= 4 is 17.9 Å². The van der Waals surface area contributed by atoms with E-state index in [4.69, 9.17) is 14.2 Å². The largest absolute Gasteiger partial charge is 0.462 e. The molecule has 0 aliphatic rings. The fraction of sp³-hybridized carbons (Fsp3) is 0.809. The SMILES string of the molecule is CCCCCCC/C=C\C/C=C\C/C=C\CCCCCCCCC(=O)OC(COC(=O)CCCCCCCCCCCC)COC(=O)CCCCCCCCCCCCCCC/C=C\C/C=C\CCCCCCC. The van der Waals surface area contributed by atoms with Crippen LogP contribution in [0.3, 0.4) is 0 Å². The van der Waals surface area contributed by atoms with Gasteiger partial charge in [-0.05, 0) is 89.9 Å². The lowest BCUT2D eigenvalue weighted by molar-refractivity contribution is -0.167. The van der Waals surface area contributed by atoms with E-state index in [1.54, 1.807) is 0 Å². The summed E-state index contributed by atoms with van der Waals surface area (Å²) in [4.78, 5) is 38.2. The third-order valence-corrected chi connectivity index (χ3v) is 14.2. The highest BCUT2D eigenvalue weighted by atomic mass is 16.6. The van der Waals surface area contributed by atoms with Gasteiger partial charge in [-0.3, -0.25) is 14.4 Å². The number of carbonyl (C=O) groups is 3. The zero-order valence-electron chi connectivity index (χ0n) is 49.4. The molecule has 430 valence electrons. The number of hydrogen-bond donors (Lipinski definition) is 0. The van der Waals surface area contributed by atoms with Gasteiger partial charge in [-0.1, -0.05) is 287 Å². The third kappa shape index (κ3) is 60.0. The van der Waals surface area contributed by atoms with E-state index in [2.05, 4.69) is 81.5 Å². The van der Waals surface area contributed by atoms with Crippen LogP contribution < -0.4 is 0 Å². The topological polar surface area (TPSA) is 78.9 Å². The smallest absolute Gasteiger partial charge is 0.306 e. The van der Waals surface area contributed by atoms with Crippen LogP contribution in [0.4, 0.5) is 0 Å². The first-order valence-electron chi connectivity index (χ1n) is 32.3. The number of hydrogen-bond acceptors (Lipinski definition) is 6. The standard InChI is InChI=1S/C68H122O6/c1-4-7-10-13-16-19-22-24-26-28-30-32-33-34-35-37-38-40-42-44-46-49-52-55-58-61-67(70)73-64-65(63-72-66(69)60-57-54-51-48-21-18-15-12-9-6-3)74-68(71)62-59-56-53-50-47-45-43-41-39-36-31-29-27-25-23-20-17-14-11-8-5-2/h22-25,28-31,39,41,65H,4-21,26-27,32-38,40,42-64H2,1-3H3/b24-22-,25-23-,30-28-,31-29-,41-39-. The molecule has 0 radical (unpaired) electrons. The van der Waals surface area contributed by atoms with Crippen LogP contribution >= 0.6 is 0 Å². The van der Waals surface area contributed by atoms with Crippen molar-refractivity contribution in [2.75, 3.05) is 13.2 Å². The molecule has 0 aromatic carbocycles. The monoisotopic (exact) mass is 1030 g/mol. The van der Waals surface area contributed by atoms with Crippen LogP contribution in [0.2, 0.25) is 0 Å². The molecular weight excluding hydrogens is 913 g/mol.